The molecule has 1 aromatic carbocycles. The summed E-state index contributed by atoms with van der Waals surface area (Å²) >= 11 is 0. The molecule has 0 aliphatic carbocycles. The Bertz CT molecular complexity index is 362. The summed E-state index contributed by atoms with van der Waals surface area (Å²) in [6, 6.07) is 6.67. The smallest absolute Gasteiger partial charge is 0.258 e. The van der Waals surface area contributed by atoms with Gasteiger partial charge in [-0.25, -0.2) is 8.78 Å². The number of nitrogens with zero attached hydrogens (tertiary/aromatic N) is 1. The molecule has 2 rings (SSSR count). The maximum absolute atomic E-state index is 13.2. The van der Waals surface area contributed by atoms with Gasteiger partial charge in [0.1, 0.15) is 0 Å². The van der Waals surface area contributed by atoms with Gasteiger partial charge in [0.15, 0.2) is 0 Å². The van der Waals surface area contributed by atoms with E-state index in [2.05, 4.69) is 5.32 Å². The predicted octanol–water partition coefficient (Wildman–Crippen LogP) is 2.21. The number of aryl methyl sites for hydroxylation is 1. The SMILES string of the molecule is Cc1cccc([C@@H](C(F)F)N2CCNCC2)c1. The highest BCUT2D eigenvalue weighted by atomic mass is 19.3. The van der Waals surface area contributed by atoms with Gasteiger partial charge in [-0.2, -0.15) is 0 Å². The first kappa shape index (κ1) is 12.5. The van der Waals surface area contributed by atoms with E-state index in [0.717, 1.165) is 24.2 Å². The van der Waals surface area contributed by atoms with E-state index in [1.165, 1.54) is 0 Å². The molecule has 1 saturated heterocycles. The molecular formula is C13H18F2N2. The molecule has 94 valence electrons. The van der Waals surface area contributed by atoms with Gasteiger partial charge in [-0.1, -0.05) is 29.8 Å². The maximum Gasteiger partial charge on any atom is 0.258 e. The van der Waals surface area contributed by atoms with Crippen LogP contribution in [0.4, 0.5) is 8.78 Å². The molecule has 1 aromatic rings. The Morgan fingerprint density at radius 1 is 1.24 bits per heavy atom. The molecule has 0 bridgehead atoms. The summed E-state index contributed by atoms with van der Waals surface area (Å²) in [5, 5.41) is 3.18. The van der Waals surface area contributed by atoms with Crippen LogP contribution in [0.2, 0.25) is 0 Å². The lowest BCUT2D eigenvalue weighted by Crippen LogP contribution is -2.46. The number of piperazine rings is 1. The third kappa shape index (κ3) is 3.01. The van der Waals surface area contributed by atoms with Gasteiger partial charge in [0.2, 0.25) is 0 Å². The second kappa shape index (κ2) is 5.56. The molecule has 1 N–H and O–H groups in total. The van der Waals surface area contributed by atoms with Crippen molar-refractivity contribution in [2.24, 2.45) is 0 Å². The highest BCUT2D eigenvalue weighted by Gasteiger charge is 2.29. The zero-order chi connectivity index (χ0) is 12.3. The Hall–Kier alpha value is -1.00. The molecule has 0 saturated carbocycles. The molecule has 1 fully saturated rings. The van der Waals surface area contributed by atoms with Crippen molar-refractivity contribution in [3.05, 3.63) is 35.4 Å². The van der Waals surface area contributed by atoms with E-state index in [-0.39, 0.29) is 0 Å². The molecule has 4 heteroatoms. The van der Waals surface area contributed by atoms with Crippen LogP contribution in [0.5, 0.6) is 0 Å². The minimum Gasteiger partial charge on any atom is -0.314 e. The zero-order valence-electron chi connectivity index (χ0n) is 10.00. The number of benzene rings is 1. The Labute approximate surface area is 101 Å². The normalized spacial score (nSPS) is 19.5. The van der Waals surface area contributed by atoms with E-state index in [9.17, 15) is 8.78 Å². The first-order chi connectivity index (χ1) is 8.18. The van der Waals surface area contributed by atoms with Crippen LogP contribution in [0.15, 0.2) is 24.3 Å². The second-order valence-electron chi connectivity index (χ2n) is 4.48. The second-order valence-corrected chi connectivity index (χ2v) is 4.48. The maximum atomic E-state index is 13.2. The third-order valence-corrected chi connectivity index (χ3v) is 3.17. The molecule has 0 radical (unpaired) electrons. The summed E-state index contributed by atoms with van der Waals surface area (Å²) in [4.78, 5) is 1.87. The average molecular weight is 240 g/mol. The van der Waals surface area contributed by atoms with E-state index >= 15 is 0 Å². The summed E-state index contributed by atoms with van der Waals surface area (Å²) in [5.41, 5.74) is 1.75. The summed E-state index contributed by atoms with van der Waals surface area (Å²) in [6.45, 7) is 4.87. The van der Waals surface area contributed by atoms with Crippen molar-refractivity contribution >= 4 is 0 Å². The van der Waals surface area contributed by atoms with Gasteiger partial charge in [0, 0.05) is 26.2 Å². The number of rotatable bonds is 3. The van der Waals surface area contributed by atoms with Crippen LogP contribution in [0.25, 0.3) is 0 Å². The minimum absolute atomic E-state index is 0.683. The Morgan fingerprint density at radius 2 is 1.94 bits per heavy atom. The molecule has 0 unspecified atom stereocenters. The van der Waals surface area contributed by atoms with Gasteiger partial charge in [-0.3, -0.25) is 4.90 Å². The highest BCUT2D eigenvalue weighted by molar-refractivity contribution is 5.25. The third-order valence-electron chi connectivity index (χ3n) is 3.17. The molecular weight excluding hydrogens is 222 g/mol. The molecule has 1 heterocycles. The van der Waals surface area contributed by atoms with Crippen molar-refractivity contribution in [3.63, 3.8) is 0 Å². The number of halogens is 2. The molecule has 1 atom stereocenters. The van der Waals surface area contributed by atoms with Crippen LogP contribution in [0.1, 0.15) is 17.2 Å². The zero-order valence-corrected chi connectivity index (χ0v) is 10.00. The van der Waals surface area contributed by atoms with Crippen LogP contribution in [-0.2, 0) is 0 Å². The van der Waals surface area contributed by atoms with Crippen LogP contribution in [-0.4, -0.2) is 37.5 Å². The lowest BCUT2D eigenvalue weighted by atomic mass is 10.0. The van der Waals surface area contributed by atoms with Crippen LogP contribution >= 0.6 is 0 Å². The topological polar surface area (TPSA) is 15.3 Å². The van der Waals surface area contributed by atoms with E-state index in [0.29, 0.717) is 13.1 Å². The van der Waals surface area contributed by atoms with Crippen molar-refractivity contribution in [1.29, 1.82) is 0 Å². The van der Waals surface area contributed by atoms with Crippen LogP contribution < -0.4 is 5.32 Å². The fraction of sp³-hybridized carbons (Fsp3) is 0.538. The van der Waals surface area contributed by atoms with Gasteiger partial charge in [0.25, 0.3) is 6.43 Å². The average Bonchev–Trinajstić information content (AvgIpc) is 2.30. The largest absolute Gasteiger partial charge is 0.314 e. The van der Waals surface area contributed by atoms with Crippen molar-refractivity contribution in [1.82, 2.24) is 10.2 Å². The molecule has 1 aliphatic rings. The lowest BCUT2D eigenvalue weighted by molar-refractivity contribution is 0.0181. The standard InChI is InChI=1S/C13H18F2N2/c1-10-3-2-4-11(9-10)12(13(14)15)17-7-5-16-6-8-17/h2-4,9,12-13,16H,5-8H2,1H3/t12-/m0/s1. The number of alkyl halides is 2. The molecule has 17 heavy (non-hydrogen) atoms. The van der Waals surface area contributed by atoms with Crippen LogP contribution in [0.3, 0.4) is 0 Å². The Kier molecular flexibility index (Phi) is 4.07. The number of hydrogen-bond donors (Lipinski definition) is 1. The van der Waals surface area contributed by atoms with Gasteiger partial charge >= 0.3 is 0 Å². The van der Waals surface area contributed by atoms with Crippen molar-refractivity contribution in [2.45, 2.75) is 19.4 Å². The predicted molar refractivity (Wildman–Crippen MR) is 64.4 cm³/mol. The van der Waals surface area contributed by atoms with Crippen molar-refractivity contribution in [2.75, 3.05) is 26.2 Å². The summed E-state index contributed by atoms with van der Waals surface area (Å²) < 4.78 is 26.5. The van der Waals surface area contributed by atoms with Gasteiger partial charge in [0.05, 0.1) is 6.04 Å². The van der Waals surface area contributed by atoms with E-state index in [1.54, 1.807) is 6.07 Å². The number of hydrogen-bond acceptors (Lipinski definition) is 2. The molecule has 0 aromatic heterocycles. The Balaban J connectivity index is 2.21. The first-order valence-electron chi connectivity index (χ1n) is 5.98. The van der Waals surface area contributed by atoms with Gasteiger partial charge < -0.3 is 5.32 Å². The summed E-state index contributed by atoms with van der Waals surface area (Å²) in [7, 11) is 0. The monoisotopic (exact) mass is 240 g/mol. The quantitative estimate of drug-likeness (QED) is 0.871. The molecule has 0 amide bonds. The van der Waals surface area contributed by atoms with Crippen LogP contribution in [0, 0.1) is 6.92 Å². The van der Waals surface area contributed by atoms with Gasteiger partial charge in [-0.15, -0.1) is 0 Å². The number of nitrogens with one attached hydrogen (secondary N) is 1. The lowest BCUT2D eigenvalue weighted by Gasteiger charge is -2.34. The van der Waals surface area contributed by atoms with Crippen molar-refractivity contribution in [3.8, 4) is 0 Å². The molecule has 0 spiro atoms. The Morgan fingerprint density at radius 3 is 2.53 bits per heavy atom. The highest BCUT2D eigenvalue weighted by Crippen LogP contribution is 2.28. The molecule has 2 nitrogen and oxygen atoms in total. The minimum atomic E-state index is -2.34. The fourth-order valence-electron chi connectivity index (χ4n) is 2.33. The van der Waals surface area contributed by atoms with E-state index in [1.807, 2.05) is 30.0 Å². The molecule has 1 aliphatic heterocycles. The van der Waals surface area contributed by atoms with Gasteiger partial charge in [-0.05, 0) is 12.5 Å². The van der Waals surface area contributed by atoms with E-state index in [4.69, 9.17) is 0 Å². The summed E-state index contributed by atoms with van der Waals surface area (Å²) in [6.07, 6.45) is -2.34. The first-order valence-corrected chi connectivity index (χ1v) is 5.98. The fourth-order valence-corrected chi connectivity index (χ4v) is 2.33. The van der Waals surface area contributed by atoms with Crippen molar-refractivity contribution < 1.29 is 8.78 Å². The van der Waals surface area contributed by atoms with E-state index < -0.39 is 12.5 Å². The summed E-state index contributed by atoms with van der Waals surface area (Å²) in [5.74, 6) is 0.